The van der Waals surface area contributed by atoms with Gasteiger partial charge in [-0.05, 0) is 76.2 Å². The number of ether oxygens (including phenoxy) is 4. The first-order valence-corrected chi connectivity index (χ1v) is 19.2. The summed E-state index contributed by atoms with van der Waals surface area (Å²) >= 11 is 0. The number of carbonyl (C=O) groups is 4. The van der Waals surface area contributed by atoms with Crippen molar-refractivity contribution in [1.82, 2.24) is 4.90 Å². The molecule has 1 amide bonds. The van der Waals surface area contributed by atoms with Crippen molar-refractivity contribution < 1.29 is 48.3 Å². The van der Waals surface area contributed by atoms with Crippen LogP contribution in [0.3, 0.4) is 0 Å². The number of Topliss-reactive ketones (excluding diaryl/α,β-unsaturated/α-hetero) is 2. The van der Waals surface area contributed by atoms with Crippen molar-refractivity contribution >= 4 is 23.4 Å². The van der Waals surface area contributed by atoms with Gasteiger partial charge in [0.15, 0.2) is 0 Å². The Morgan fingerprint density at radius 2 is 1.75 bits per heavy atom. The van der Waals surface area contributed by atoms with Gasteiger partial charge in [0.05, 0.1) is 18.3 Å². The van der Waals surface area contributed by atoms with Crippen LogP contribution in [0.25, 0.3) is 0 Å². The molecule has 0 radical (unpaired) electrons. The molecule has 0 aromatic heterocycles. The summed E-state index contributed by atoms with van der Waals surface area (Å²) in [6.45, 7) is 17.3. The highest BCUT2D eigenvalue weighted by Crippen LogP contribution is 2.39. The van der Waals surface area contributed by atoms with E-state index in [0.717, 1.165) is 17.6 Å². The lowest BCUT2D eigenvalue weighted by atomic mass is 9.82. The molecule has 3 aliphatic rings. The topological polar surface area (TPSA) is 149 Å². The molecule has 11 nitrogen and oxygen atoms in total. The quantitative estimate of drug-likeness (QED) is 0.195. The monoisotopic (exact) mass is 731 g/mol. The van der Waals surface area contributed by atoms with E-state index in [2.05, 4.69) is 6.58 Å². The van der Waals surface area contributed by atoms with Crippen molar-refractivity contribution in [2.75, 3.05) is 20.8 Å². The minimum absolute atomic E-state index is 0.0320. The largest absolute Gasteiger partial charge is 0.456 e. The molecule has 3 heterocycles. The van der Waals surface area contributed by atoms with E-state index in [0.29, 0.717) is 32.1 Å². The molecule has 0 aliphatic carbocycles. The van der Waals surface area contributed by atoms with E-state index in [-0.39, 0.29) is 43.4 Å². The highest BCUT2D eigenvalue weighted by atomic mass is 16.7. The molecule has 52 heavy (non-hydrogen) atoms. The van der Waals surface area contributed by atoms with Gasteiger partial charge in [-0.25, -0.2) is 4.79 Å². The molecule has 2 fully saturated rings. The van der Waals surface area contributed by atoms with E-state index in [1.807, 2.05) is 46.8 Å². The fourth-order valence-corrected chi connectivity index (χ4v) is 8.07. The van der Waals surface area contributed by atoms with Crippen molar-refractivity contribution in [3.8, 4) is 0 Å². The van der Waals surface area contributed by atoms with Crippen molar-refractivity contribution in [3.05, 3.63) is 36.0 Å². The third-order valence-corrected chi connectivity index (χ3v) is 11.5. The number of hydrogen-bond donors (Lipinski definition) is 2. The van der Waals surface area contributed by atoms with E-state index in [1.54, 1.807) is 19.9 Å². The molecular formula is C41H65NO10. The third kappa shape index (κ3) is 10.5. The summed E-state index contributed by atoms with van der Waals surface area (Å²) < 4.78 is 24.1. The molecule has 1 unspecified atom stereocenters. The maximum absolute atomic E-state index is 14.1. The average Bonchev–Trinajstić information content (AvgIpc) is 3.11. The number of rotatable bonds is 7. The fourth-order valence-electron chi connectivity index (χ4n) is 8.07. The van der Waals surface area contributed by atoms with Crippen LogP contribution >= 0.6 is 0 Å². The molecule has 0 aromatic rings. The number of allylic oxidation sites excluding steroid dienone is 4. The molecule has 12 atom stereocenters. The molecule has 3 aliphatic heterocycles. The number of hydrogen-bond acceptors (Lipinski definition) is 10. The predicted molar refractivity (Wildman–Crippen MR) is 198 cm³/mol. The van der Waals surface area contributed by atoms with Gasteiger partial charge in [0, 0.05) is 44.9 Å². The van der Waals surface area contributed by atoms with Crippen LogP contribution in [0, 0.1) is 29.6 Å². The van der Waals surface area contributed by atoms with Crippen molar-refractivity contribution in [3.63, 3.8) is 0 Å². The molecule has 0 aromatic carbocycles. The lowest BCUT2D eigenvalue weighted by molar-refractivity contribution is -0.302. The van der Waals surface area contributed by atoms with Crippen LogP contribution in [-0.2, 0) is 38.1 Å². The van der Waals surface area contributed by atoms with Gasteiger partial charge in [-0.3, -0.25) is 14.4 Å². The number of cyclic esters (lactones) is 1. The van der Waals surface area contributed by atoms with Crippen LogP contribution in [0.2, 0.25) is 0 Å². The van der Waals surface area contributed by atoms with E-state index < -0.39 is 77.8 Å². The summed E-state index contributed by atoms with van der Waals surface area (Å²) in [5.41, 5.74) is 1.70. The van der Waals surface area contributed by atoms with Gasteiger partial charge in [0.1, 0.15) is 24.0 Å². The lowest BCUT2D eigenvalue weighted by Gasteiger charge is -2.47. The highest BCUT2D eigenvalue weighted by molar-refractivity contribution is 6.39. The Labute approximate surface area is 311 Å². The first-order chi connectivity index (χ1) is 24.5. The minimum atomic E-state index is -2.48. The van der Waals surface area contributed by atoms with Crippen LogP contribution in [0.4, 0.5) is 0 Å². The van der Waals surface area contributed by atoms with E-state index in [9.17, 15) is 29.4 Å². The van der Waals surface area contributed by atoms with Crippen LogP contribution in [0.1, 0.15) is 106 Å². The normalized spacial score (nSPS) is 38.3. The second-order valence-electron chi connectivity index (χ2n) is 15.7. The zero-order chi connectivity index (χ0) is 38.9. The Kier molecular flexibility index (Phi) is 16.5. The molecule has 11 heteroatoms. The number of piperidine rings is 1. The molecule has 294 valence electrons. The highest BCUT2D eigenvalue weighted by Gasteiger charge is 2.56. The number of carbonyl (C=O) groups excluding carboxylic acids is 4. The molecule has 2 saturated heterocycles. The smallest absolute Gasteiger partial charge is 0.329 e. The number of aliphatic hydroxyl groups is 2. The average molecular weight is 732 g/mol. The summed E-state index contributed by atoms with van der Waals surface area (Å²) in [6.07, 6.45) is 5.45. The second-order valence-corrected chi connectivity index (χ2v) is 15.7. The number of fused-ring (bicyclic) bond motifs is 3. The van der Waals surface area contributed by atoms with Crippen molar-refractivity contribution in [1.29, 1.82) is 0 Å². The Bertz CT molecular complexity index is 1330. The zero-order valence-electron chi connectivity index (χ0n) is 33.0. The molecule has 0 spiro atoms. The second kappa shape index (κ2) is 19.6. The summed E-state index contributed by atoms with van der Waals surface area (Å²) in [5.74, 6) is -7.28. The van der Waals surface area contributed by atoms with E-state index >= 15 is 0 Å². The van der Waals surface area contributed by atoms with Gasteiger partial charge >= 0.3 is 5.97 Å². The summed E-state index contributed by atoms with van der Waals surface area (Å²) in [7, 11) is 3.07. The van der Waals surface area contributed by atoms with E-state index in [4.69, 9.17) is 18.9 Å². The van der Waals surface area contributed by atoms with Crippen LogP contribution < -0.4 is 0 Å². The van der Waals surface area contributed by atoms with Crippen LogP contribution in [0.15, 0.2) is 36.0 Å². The maximum atomic E-state index is 14.1. The summed E-state index contributed by atoms with van der Waals surface area (Å²) in [6, 6.07) is -1.09. The SMILES string of the molecule is C=CC[C@@H]1/C=C(\C)C[C@H](C)C[C@H](OC)[C@H]2O[C@@](O)(C(=O)C(=O)N3CCCC[C@H]3C(=O)O[C@H](/C(C)=C/C(C)CC)[C@H](C)[C@@H](O)CC1=O)[C@H](C)C[C@@H]2OC. The van der Waals surface area contributed by atoms with Gasteiger partial charge in [0.2, 0.25) is 5.79 Å². The van der Waals surface area contributed by atoms with Crippen molar-refractivity contribution in [2.24, 2.45) is 29.6 Å². The van der Waals surface area contributed by atoms with Gasteiger partial charge in [-0.15, -0.1) is 6.58 Å². The van der Waals surface area contributed by atoms with E-state index in [1.165, 1.54) is 19.1 Å². The number of nitrogens with zero attached hydrogens (tertiary/aromatic N) is 1. The molecule has 3 rings (SSSR count). The fraction of sp³-hybridized carbons (Fsp3) is 0.756. The van der Waals surface area contributed by atoms with Gasteiger partial charge in [-0.2, -0.15) is 0 Å². The molecule has 2 N–H and O–H groups in total. The minimum Gasteiger partial charge on any atom is -0.456 e. The number of aliphatic hydroxyl groups excluding tert-OH is 1. The van der Waals surface area contributed by atoms with Gasteiger partial charge in [0.25, 0.3) is 11.7 Å². The molecule has 0 saturated carbocycles. The van der Waals surface area contributed by atoms with Gasteiger partial charge in [-0.1, -0.05) is 64.8 Å². The molecule has 2 bridgehead atoms. The van der Waals surface area contributed by atoms with Crippen LogP contribution in [0.5, 0.6) is 0 Å². The number of methoxy groups -OCH3 is 2. The zero-order valence-corrected chi connectivity index (χ0v) is 33.0. The first-order valence-electron chi connectivity index (χ1n) is 19.2. The standard InChI is InChI=1S/C41H65NO10/c1-11-15-30-20-25(4)18-26(5)21-34(49-9)37-35(50-10)22-28(7)41(48,52-37)38(45)39(46)42-17-14-13-16-31(42)40(47)51-36(27(6)19-24(3)12-2)29(8)32(43)23-33(30)44/h11,19-20,24,26,28-32,34-37,43,48H,1,12-18,21-23H2,2-10H3/b25-20+,27-19+/t24?,26-,28+,29+,30+,31-,32-,34-,35-,36+,37+,41+/m0/s1. The molecular weight excluding hydrogens is 666 g/mol. The maximum Gasteiger partial charge on any atom is 0.329 e. The Morgan fingerprint density at radius 3 is 2.37 bits per heavy atom. The predicted octanol–water partition coefficient (Wildman–Crippen LogP) is 5.51. The first kappa shape index (κ1) is 43.7. The summed E-state index contributed by atoms with van der Waals surface area (Å²) in [5, 5.41) is 23.5. The number of ketones is 2. The Hall–Kier alpha value is -2.70. The Morgan fingerprint density at radius 1 is 1.10 bits per heavy atom. The lowest BCUT2D eigenvalue weighted by Crippen LogP contribution is -2.64. The number of esters is 1. The van der Waals surface area contributed by atoms with Gasteiger partial charge < -0.3 is 34.1 Å². The third-order valence-electron chi connectivity index (χ3n) is 11.5. The Balaban J connectivity index is 2.14. The van der Waals surface area contributed by atoms with Crippen molar-refractivity contribution in [2.45, 2.75) is 149 Å². The number of amides is 1. The summed E-state index contributed by atoms with van der Waals surface area (Å²) in [4.78, 5) is 57.2. The van der Waals surface area contributed by atoms with Crippen LogP contribution in [-0.4, -0.2) is 102 Å².